The fourth-order valence-corrected chi connectivity index (χ4v) is 5.70. The topological polar surface area (TPSA) is 34.1 Å². The molecule has 2 aliphatic heterocycles. The minimum atomic E-state index is -1.80. The number of hydrogen-bond donors (Lipinski definition) is 0. The molecule has 0 radical (unpaired) electrons. The number of amidine groups is 1. The molecule has 0 amide bonds. The molecule has 1 atom stereocenters. The number of hydrogen-bond acceptors (Lipinski definition) is 4. The first kappa shape index (κ1) is 30.1. The normalized spacial score (nSPS) is 17.8. The zero-order valence-electron chi connectivity index (χ0n) is 25.0. The molecule has 5 nitrogen and oxygen atoms in total. The van der Waals surface area contributed by atoms with Crippen molar-refractivity contribution in [2.24, 2.45) is 11.1 Å². The lowest BCUT2D eigenvalue weighted by Crippen LogP contribution is -2.65. The van der Waals surface area contributed by atoms with Gasteiger partial charge >= 0.3 is 6.69 Å². The molecule has 0 aliphatic carbocycles. The van der Waals surface area contributed by atoms with Crippen LogP contribution in [0.5, 0.6) is 5.75 Å². The number of oxime groups is 1. The average Bonchev–Trinajstić information content (AvgIpc) is 3.49. The molecule has 0 bridgehead atoms. The van der Waals surface area contributed by atoms with Crippen molar-refractivity contribution >= 4 is 23.7 Å². The number of fused-ring (bicyclic) bond motifs is 3. The highest BCUT2D eigenvalue weighted by Crippen LogP contribution is 2.43. The van der Waals surface area contributed by atoms with Crippen molar-refractivity contribution in [1.82, 2.24) is 0 Å². The Hall–Kier alpha value is -2.47. The average molecular weight is 522 g/mol. The van der Waals surface area contributed by atoms with Crippen LogP contribution in [-0.2, 0) is 4.76 Å². The van der Waals surface area contributed by atoms with Crippen LogP contribution in [0.15, 0.2) is 59.8 Å². The molecular formula is C32H52BN3O2. The molecule has 2 aromatic rings. The molecule has 0 N–H and O–H groups in total. The maximum absolute atomic E-state index is 6.24. The Morgan fingerprint density at radius 3 is 1.74 bits per heavy atom. The second kappa shape index (κ2) is 14.6. The van der Waals surface area contributed by atoms with E-state index in [-0.39, 0.29) is 5.92 Å². The van der Waals surface area contributed by atoms with E-state index in [0.717, 1.165) is 22.7 Å². The highest BCUT2D eigenvalue weighted by Gasteiger charge is 2.52. The monoisotopic (exact) mass is 521 g/mol. The highest BCUT2D eigenvalue weighted by molar-refractivity contribution is 6.90. The van der Waals surface area contributed by atoms with Gasteiger partial charge in [0.1, 0.15) is 5.84 Å². The Kier molecular flexibility index (Phi) is 11.6. The quantitative estimate of drug-likeness (QED) is 0.188. The van der Waals surface area contributed by atoms with E-state index in [0.29, 0.717) is 0 Å². The zero-order chi connectivity index (χ0) is 27.4. The van der Waals surface area contributed by atoms with Crippen LogP contribution in [0.4, 0.5) is 5.69 Å². The van der Waals surface area contributed by atoms with Gasteiger partial charge in [0, 0.05) is 11.6 Å². The van der Waals surface area contributed by atoms with Gasteiger partial charge in [-0.15, -0.1) is 5.16 Å². The van der Waals surface area contributed by atoms with Gasteiger partial charge in [-0.25, -0.2) is 0 Å². The van der Waals surface area contributed by atoms with Crippen molar-refractivity contribution in [3.63, 3.8) is 0 Å². The van der Waals surface area contributed by atoms with Crippen LogP contribution in [-0.4, -0.2) is 43.2 Å². The van der Waals surface area contributed by atoms with Crippen molar-refractivity contribution < 1.29 is 13.9 Å². The summed E-state index contributed by atoms with van der Waals surface area (Å²) >= 11 is 0. The second-order valence-corrected chi connectivity index (χ2v) is 11.4. The van der Waals surface area contributed by atoms with Crippen LogP contribution < -0.4 is 14.9 Å². The lowest BCUT2D eigenvalue weighted by atomic mass is 9.62. The minimum absolute atomic E-state index is 0.257. The van der Waals surface area contributed by atoms with E-state index in [4.69, 9.17) is 9.41 Å². The fourth-order valence-electron chi connectivity index (χ4n) is 5.70. The van der Waals surface area contributed by atoms with Gasteiger partial charge in [-0.2, -0.15) is 0 Å². The Morgan fingerprint density at radius 1 is 0.737 bits per heavy atom. The molecular weight excluding hydrogens is 469 g/mol. The van der Waals surface area contributed by atoms with E-state index < -0.39 is 6.69 Å². The highest BCUT2D eigenvalue weighted by atomic mass is 16.7. The first-order valence-corrected chi connectivity index (χ1v) is 15.4. The van der Waals surface area contributed by atoms with Crippen molar-refractivity contribution in [1.29, 1.82) is 0 Å². The maximum atomic E-state index is 6.24. The standard InChI is InChI=1S/C16H16BN2O2.C16H36N/c1-12(2)16-18-21-17(13-8-4-3-5-9-13)19(16)14-10-6-7-11-15(14)20-17;1-5-9-13-17(14-10-6-2,15-11-7-3)16-12-8-4/h3-12H,1-2H3;5-16H2,1-4H3/q-1;+1. The molecule has 2 aliphatic rings. The SMILES string of the molecule is CC(C)C1=NO[B-]2(c3ccccc3)Oc3ccccc3N12.CCCC[N+](CCCC)(CCCC)CCCC. The summed E-state index contributed by atoms with van der Waals surface area (Å²) in [4.78, 5) is 2.12. The number of nitrogens with zero attached hydrogens (tertiary/aromatic N) is 3. The summed E-state index contributed by atoms with van der Waals surface area (Å²) in [7, 11) is 0. The van der Waals surface area contributed by atoms with Gasteiger partial charge in [-0.1, -0.05) is 115 Å². The van der Waals surface area contributed by atoms with E-state index in [9.17, 15) is 0 Å². The second-order valence-electron chi connectivity index (χ2n) is 11.4. The van der Waals surface area contributed by atoms with Gasteiger partial charge in [-0.3, -0.25) is 0 Å². The molecule has 38 heavy (non-hydrogen) atoms. The minimum Gasteiger partial charge on any atom is -0.659 e. The largest absolute Gasteiger partial charge is 0.659 e. The molecule has 0 saturated heterocycles. The lowest BCUT2D eigenvalue weighted by molar-refractivity contribution is -0.929. The first-order chi connectivity index (χ1) is 18.5. The number of unbranched alkanes of at least 4 members (excludes halogenated alkanes) is 4. The molecule has 1 unspecified atom stereocenters. The molecule has 0 saturated carbocycles. The van der Waals surface area contributed by atoms with Gasteiger partial charge in [0.05, 0.1) is 31.9 Å². The summed E-state index contributed by atoms with van der Waals surface area (Å²) in [6, 6.07) is 18.0. The smallest absolute Gasteiger partial charge is 0.512 e. The lowest BCUT2D eigenvalue weighted by Gasteiger charge is -2.39. The Labute approximate surface area is 232 Å². The van der Waals surface area contributed by atoms with E-state index in [2.05, 4.69) is 51.5 Å². The molecule has 0 fully saturated rings. The summed E-state index contributed by atoms with van der Waals surface area (Å²) in [5, 5.41) is 4.31. The molecule has 0 aromatic heterocycles. The van der Waals surface area contributed by atoms with Gasteiger partial charge in [0.2, 0.25) is 0 Å². The van der Waals surface area contributed by atoms with Crippen molar-refractivity contribution in [2.75, 3.05) is 31.0 Å². The fraction of sp³-hybridized carbons (Fsp3) is 0.594. The van der Waals surface area contributed by atoms with Crippen molar-refractivity contribution in [3.8, 4) is 5.75 Å². The predicted octanol–water partition coefficient (Wildman–Crippen LogP) is 7.73. The molecule has 2 heterocycles. The van der Waals surface area contributed by atoms with Crippen LogP contribution in [0.3, 0.4) is 0 Å². The predicted molar refractivity (Wildman–Crippen MR) is 164 cm³/mol. The summed E-state index contributed by atoms with van der Waals surface area (Å²) in [6.07, 6.45) is 11.1. The molecule has 210 valence electrons. The van der Waals surface area contributed by atoms with E-state index in [1.165, 1.54) is 82.0 Å². The van der Waals surface area contributed by atoms with Crippen molar-refractivity contribution in [2.45, 2.75) is 92.9 Å². The van der Waals surface area contributed by atoms with Crippen molar-refractivity contribution in [3.05, 3.63) is 54.6 Å². The van der Waals surface area contributed by atoms with Crippen LogP contribution in [0.25, 0.3) is 0 Å². The molecule has 4 rings (SSSR count). The third kappa shape index (κ3) is 6.94. The first-order valence-electron chi connectivity index (χ1n) is 15.4. The summed E-state index contributed by atoms with van der Waals surface area (Å²) in [5.74, 6) is 2.01. The maximum Gasteiger partial charge on any atom is 0.512 e. The van der Waals surface area contributed by atoms with E-state index in [1.54, 1.807) is 0 Å². The number of benzene rings is 2. The van der Waals surface area contributed by atoms with Gasteiger partial charge in [-0.05, 0) is 37.8 Å². The third-order valence-electron chi connectivity index (χ3n) is 7.97. The van der Waals surface area contributed by atoms with Gasteiger partial charge in [0.25, 0.3) is 0 Å². The van der Waals surface area contributed by atoms with Crippen LogP contribution in [0.1, 0.15) is 92.9 Å². The molecule has 0 spiro atoms. The Morgan fingerprint density at radius 2 is 1.24 bits per heavy atom. The van der Waals surface area contributed by atoms with E-state index in [1.807, 2.05) is 54.6 Å². The van der Waals surface area contributed by atoms with Crippen LogP contribution >= 0.6 is 0 Å². The Balaban J connectivity index is 0.000000217. The zero-order valence-corrected chi connectivity index (χ0v) is 25.0. The van der Waals surface area contributed by atoms with Crippen LogP contribution in [0, 0.1) is 5.92 Å². The summed E-state index contributed by atoms with van der Waals surface area (Å²) in [6.45, 7) is 17.4. The van der Waals surface area contributed by atoms with E-state index >= 15 is 0 Å². The van der Waals surface area contributed by atoms with Gasteiger partial charge < -0.3 is 18.7 Å². The summed E-state index contributed by atoms with van der Waals surface area (Å²) < 4.78 is 13.5. The third-order valence-corrected chi connectivity index (χ3v) is 7.97. The number of para-hydroxylation sites is 2. The van der Waals surface area contributed by atoms with Crippen LogP contribution in [0.2, 0.25) is 0 Å². The number of quaternary nitrogens is 1. The van der Waals surface area contributed by atoms with Gasteiger partial charge in [0.15, 0.2) is 0 Å². The Bertz CT molecular complexity index is 960. The number of rotatable bonds is 14. The summed E-state index contributed by atoms with van der Waals surface area (Å²) in [5.41, 5.74) is 2.01. The molecule has 2 aromatic carbocycles. The molecule has 6 heteroatoms. The number of anilines is 1.